The number of carbonyl (C=O) groups excluding carboxylic acids is 3. The van der Waals surface area contributed by atoms with E-state index in [1.54, 1.807) is 0 Å². The Hall–Kier alpha value is -1.76. The number of hydrogen-bond acceptors (Lipinski definition) is 5. The Morgan fingerprint density at radius 2 is 1.86 bits per heavy atom. The number of hydrogen-bond donors (Lipinski definition) is 1. The number of carbonyl (C=O) groups is 3. The largest absolute Gasteiger partial charge is 0.337 e. The molecule has 0 aromatic carbocycles. The van der Waals surface area contributed by atoms with E-state index in [9.17, 15) is 14.4 Å². The zero-order chi connectivity index (χ0) is 14.6. The maximum atomic E-state index is 12.7. The molecule has 2 heterocycles. The lowest BCUT2D eigenvalue weighted by atomic mass is 9.66. The van der Waals surface area contributed by atoms with Crippen LogP contribution in [0.1, 0.15) is 42.7 Å². The molecule has 4 amide bonds. The smallest absolute Gasteiger partial charge is 0.276 e. The van der Waals surface area contributed by atoms with Gasteiger partial charge in [0, 0.05) is 4.88 Å². The number of imide groups is 2. The maximum absolute atomic E-state index is 12.7. The molecule has 21 heavy (non-hydrogen) atoms. The predicted molar refractivity (Wildman–Crippen MR) is 76.1 cm³/mol. The molecular formula is C14H15N3O3S. The molecule has 2 fully saturated rings. The Balaban J connectivity index is 1.73. The molecule has 1 N–H and O–H groups in total. The summed E-state index contributed by atoms with van der Waals surface area (Å²) in [5.74, 6) is -0.838. The highest BCUT2D eigenvalue weighted by atomic mass is 32.1. The molecular weight excluding hydrogens is 290 g/mol. The van der Waals surface area contributed by atoms with E-state index in [-0.39, 0.29) is 0 Å². The molecule has 1 saturated carbocycles. The molecule has 110 valence electrons. The Labute approximate surface area is 125 Å². The highest BCUT2D eigenvalue weighted by Crippen LogP contribution is 2.46. The number of urea groups is 1. The van der Waals surface area contributed by atoms with Gasteiger partial charge in [0.05, 0.1) is 5.69 Å². The van der Waals surface area contributed by atoms with E-state index >= 15 is 0 Å². The number of nitrogens with zero attached hydrogens (tertiary/aromatic N) is 2. The van der Waals surface area contributed by atoms with Gasteiger partial charge in [0.15, 0.2) is 0 Å². The summed E-state index contributed by atoms with van der Waals surface area (Å²) >= 11 is 1.41. The average molecular weight is 305 g/mol. The molecule has 2 aliphatic carbocycles. The highest BCUT2D eigenvalue weighted by Gasteiger charge is 2.58. The van der Waals surface area contributed by atoms with Gasteiger partial charge in [-0.2, -0.15) is 0 Å². The van der Waals surface area contributed by atoms with Crippen molar-refractivity contribution < 1.29 is 14.4 Å². The number of aromatic nitrogens is 1. The SMILES string of the molecule is O=C1NC(=O)C2(CCC2)C(=O)N1c1nc2c(s1)CCCC2. The van der Waals surface area contributed by atoms with Crippen LogP contribution in [-0.4, -0.2) is 22.8 Å². The number of thiazole rings is 1. The van der Waals surface area contributed by atoms with Gasteiger partial charge in [-0.05, 0) is 38.5 Å². The van der Waals surface area contributed by atoms with Crippen molar-refractivity contribution in [3.05, 3.63) is 10.6 Å². The van der Waals surface area contributed by atoms with Crippen molar-refractivity contribution in [1.82, 2.24) is 10.3 Å². The van der Waals surface area contributed by atoms with Crippen LogP contribution in [0.4, 0.5) is 9.93 Å². The number of amides is 4. The molecule has 1 saturated heterocycles. The fourth-order valence-electron chi connectivity index (χ4n) is 3.26. The van der Waals surface area contributed by atoms with E-state index in [2.05, 4.69) is 10.3 Å². The van der Waals surface area contributed by atoms with Crippen LogP contribution in [0.2, 0.25) is 0 Å². The van der Waals surface area contributed by atoms with Crippen LogP contribution in [0, 0.1) is 5.41 Å². The lowest BCUT2D eigenvalue weighted by Crippen LogP contribution is -2.66. The monoisotopic (exact) mass is 305 g/mol. The molecule has 1 aromatic rings. The number of fused-ring (bicyclic) bond motifs is 1. The normalized spacial score (nSPS) is 23.8. The molecule has 0 atom stereocenters. The minimum atomic E-state index is -1.03. The third-order valence-corrected chi connectivity index (χ3v) is 5.85. The minimum Gasteiger partial charge on any atom is -0.276 e. The zero-order valence-corrected chi connectivity index (χ0v) is 12.3. The number of rotatable bonds is 1. The molecule has 1 spiro atoms. The highest BCUT2D eigenvalue weighted by molar-refractivity contribution is 7.16. The van der Waals surface area contributed by atoms with Gasteiger partial charge in [0.25, 0.3) is 5.91 Å². The summed E-state index contributed by atoms with van der Waals surface area (Å²) in [6.45, 7) is 0. The first-order chi connectivity index (χ1) is 10.1. The Kier molecular flexibility index (Phi) is 2.69. The summed E-state index contributed by atoms with van der Waals surface area (Å²) in [5.41, 5.74) is -0.0264. The fourth-order valence-corrected chi connectivity index (χ4v) is 4.40. The Morgan fingerprint density at radius 1 is 1.10 bits per heavy atom. The predicted octanol–water partition coefficient (Wildman–Crippen LogP) is 1.77. The summed E-state index contributed by atoms with van der Waals surface area (Å²) in [7, 11) is 0. The van der Waals surface area contributed by atoms with Crippen molar-refractivity contribution >= 4 is 34.3 Å². The lowest BCUT2D eigenvalue weighted by molar-refractivity contribution is -0.148. The lowest BCUT2D eigenvalue weighted by Gasteiger charge is -2.43. The summed E-state index contributed by atoms with van der Waals surface area (Å²) in [6.07, 6.45) is 5.96. The van der Waals surface area contributed by atoms with Gasteiger partial charge in [-0.3, -0.25) is 14.9 Å². The van der Waals surface area contributed by atoms with Crippen molar-refractivity contribution in [3.63, 3.8) is 0 Å². The molecule has 1 aliphatic heterocycles. The molecule has 6 nitrogen and oxygen atoms in total. The topological polar surface area (TPSA) is 79.4 Å². The van der Waals surface area contributed by atoms with Gasteiger partial charge in [-0.1, -0.05) is 6.42 Å². The van der Waals surface area contributed by atoms with Gasteiger partial charge in [0.2, 0.25) is 11.0 Å². The van der Waals surface area contributed by atoms with Crippen LogP contribution in [0.5, 0.6) is 0 Å². The van der Waals surface area contributed by atoms with Gasteiger partial charge in [-0.25, -0.2) is 14.7 Å². The van der Waals surface area contributed by atoms with Crippen molar-refractivity contribution in [1.29, 1.82) is 0 Å². The first-order valence-corrected chi connectivity index (χ1v) is 8.12. The number of nitrogens with one attached hydrogen (secondary N) is 1. The van der Waals surface area contributed by atoms with E-state index in [1.807, 2.05) is 0 Å². The van der Waals surface area contributed by atoms with Crippen LogP contribution < -0.4 is 10.2 Å². The molecule has 0 unspecified atom stereocenters. The van der Waals surface area contributed by atoms with E-state index < -0.39 is 23.3 Å². The number of anilines is 1. The number of barbiturate groups is 1. The van der Waals surface area contributed by atoms with Crippen molar-refractivity contribution in [2.75, 3.05) is 4.90 Å². The van der Waals surface area contributed by atoms with Gasteiger partial charge in [0.1, 0.15) is 5.41 Å². The Bertz CT molecular complexity index is 639. The standard InChI is InChI=1S/C14H15N3O3S/c18-10-14(6-3-7-14)11(19)17(12(20)16-10)13-15-8-4-1-2-5-9(8)21-13/h1-7H2,(H,16,18,20). The van der Waals surface area contributed by atoms with Gasteiger partial charge in [-0.15, -0.1) is 11.3 Å². The summed E-state index contributed by atoms with van der Waals surface area (Å²) in [5, 5.41) is 2.74. The summed E-state index contributed by atoms with van der Waals surface area (Å²) in [6, 6.07) is -0.659. The molecule has 7 heteroatoms. The van der Waals surface area contributed by atoms with E-state index in [0.717, 1.165) is 47.6 Å². The van der Waals surface area contributed by atoms with Gasteiger partial charge >= 0.3 is 6.03 Å². The second-order valence-corrected chi connectivity index (χ2v) is 6.97. The van der Waals surface area contributed by atoms with Crippen LogP contribution in [0.15, 0.2) is 0 Å². The van der Waals surface area contributed by atoms with E-state index in [4.69, 9.17) is 0 Å². The molecule has 0 radical (unpaired) electrons. The number of aryl methyl sites for hydroxylation is 2. The summed E-state index contributed by atoms with van der Waals surface area (Å²) < 4.78 is 0. The maximum Gasteiger partial charge on any atom is 0.337 e. The molecule has 4 rings (SSSR count). The average Bonchev–Trinajstić information content (AvgIpc) is 2.79. The van der Waals surface area contributed by atoms with Crippen molar-refractivity contribution in [2.24, 2.45) is 5.41 Å². The van der Waals surface area contributed by atoms with E-state index in [0.29, 0.717) is 18.0 Å². The second-order valence-electron chi connectivity index (χ2n) is 5.91. The third-order valence-electron chi connectivity index (χ3n) is 4.70. The van der Waals surface area contributed by atoms with Crippen LogP contribution in [0.3, 0.4) is 0 Å². The quantitative estimate of drug-likeness (QED) is 0.802. The van der Waals surface area contributed by atoms with Crippen LogP contribution >= 0.6 is 11.3 Å². The Morgan fingerprint density at radius 3 is 2.52 bits per heavy atom. The van der Waals surface area contributed by atoms with E-state index in [1.165, 1.54) is 11.3 Å². The summed E-state index contributed by atoms with van der Waals surface area (Å²) in [4.78, 5) is 43.5. The molecule has 3 aliphatic rings. The minimum absolute atomic E-state index is 0.395. The molecule has 1 aromatic heterocycles. The van der Waals surface area contributed by atoms with Gasteiger partial charge < -0.3 is 0 Å². The van der Waals surface area contributed by atoms with Crippen molar-refractivity contribution in [3.8, 4) is 0 Å². The molecule has 0 bridgehead atoms. The van der Waals surface area contributed by atoms with Crippen LogP contribution in [0.25, 0.3) is 0 Å². The fraction of sp³-hybridized carbons (Fsp3) is 0.571. The first-order valence-electron chi connectivity index (χ1n) is 7.30. The second kappa shape index (κ2) is 4.37. The first kappa shape index (κ1) is 12.9. The zero-order valence-electron chi connectivity index (χ0n) is 11.5. The van der Waals surface area contributed by atoms with Crippen LogP contribution in [-0.2, 0) is 22.4 Å². The van der Waals surface area contributed by atoms with Crippen molar-refractivity contribution in [2.45, 2.75) is 44.9 Å². The third kappa shape index (κ3) is 1.70.